The molecule has 0 aliphatic rings. The molecule has 0 spiro atoms. The second kappa shape index (κ2) is 6.82. The molecule has 16 heavy (non-hydrogen) atoms. The molecule has 1 amide bonds. The van der Waals surface area contributed by atoms with Gasteiger partial charge < -0.3 is 11.1 Å². The van der Waals surface area contributed by atoms with Crippen LogP contribution >= 0.6 is 0 Å². The SMILES string of the molecule is CC(C)C[C@H](N)C(=O)NCCNS(C)(=O)=O. The lowest BCUT2D eigenvalue weighted by Crippen LogP contribution is -2.44. The summed E-state index contributed by atoms with van der Waals surface area (Å²) in [7, 11) is -3.19. The maximum Gasteiger partial charge on any atom is 0.236 e. The first-order chi connectivity index (χ1) is 7.22. The predicted molar refractivity (Wildman–Crippen MR) is 63.3 cm³/mol. The van der Waals surface area contributed by atoms with Crippen LogP contribution in [0.1, 0.15) is 20.3 Å². The van der Waals surface area contributed by atoms with Crippen LogP contribution in [0.5, 0.6) is 0 Å². The van der Waals surface area contributed by atoms with Crippen LogP contribution in [0.25, 0.3) is 0 Å². The second-order valence-corrected chi connectivity index (χ2v) is 6.03. The lowest BCUT2D eigenvalue weighted by Gasteiger charge is -2.14. The molecular formula is C9H21N3O3S. The van der Waals surface area contributed by atoms with Crippen molar-refractivity contribution in [1.29, 1.82) is 0 Å². The van der Waals surface area contributed by atoms with Gasteiger partial charge in [-0.1, -0.05) is 13.8 Å². The number of carbonyl (C=O) groups is 1. The molecular weight excluding hydrogens is 230 g/mol. The third kappa shape index (κ3) is 8.63. The molecule has 0 bridgehead atoms. The molecule has 0 saturated carbocycles. The number of nitrogens with two attached hydrogens (primary N) is 1. The molecule has 0 aromatic rings. The number of amides is 1. The number of carbonyl (C=O) groups excluding carboxylic acids is 1. The van der Waals surface area contributed by atoms with Gasteiger partial charge in [0.25, 0.3) is 0 Å². The summed E-state index contributed by atoms with van der Waals surface area (Å²) in [5.41, 5.74) is 5.64. The molecule has 0 aromatic heterocycles. The summed E-state index contributed by atoms with van der Waals surface area (Å²) in [6, 6.07) is -0.529. The van der Waals surface area contributed by atoms with Gasteiger partial charge in [-0.2, -0.15) is 0 Å². The van der Waals surface area contributed by atoms with Crippen molar-refractivity contribution < 1.29 is 13.2 Å². The zero-order valence-electron chi connectivity index (χ0n) is 9.99. The van der Waals surface area contributed by atoms with E-state index in [1.807, 2.05) is 13.8 Å². The summed E-state index contributed by atoms with van der Waals surface area (Å²) in [4.78, 5) is 11.4. The van der Waals surface area contributed by atoms with E-state index >= 15 is 0 Å². The van der Waals surface area contributed by atoms with E-state index in [2.05, 4.69) is 10.0 Å². The van der Waals surface area contributed by atoms with Crippen LogP contribution in [0, 0.1) is 5.92 Å². The van der Waals surface area contributed by atoms with E-state index in [0.29, 0.717) is 12.3 Å². The molecule has 4 N–H and O–H groups in total. The van der Waals surface area contributed by atoms with Gasteiger partial charge in [0.15, 0.2) is 0 Å². The fraction of sp³-hybridized carbons (Fsp3) is 0.889. The first kappa shape index (κ1) is 15.3. The summed E-state index contributed by atoms with van der Waals surface area (Å²) in [5.74, 6) is 0.110. The summed E-state index contributed by atoms with van der Waals surface area (Å²) in [6.45, 7) is 4.40. The molecule has 0 fully saturated rings. The normalized spacial score (nSPS) is 13.8. The van der Waals surface area contributed by atoms with E-state index in [4.69, 9.17) is 5.73 Å². The van der Waals surface area contributed by atoms with Gasteiger partial charge in [-0.05, 0) is 12.3 Å². The van der Waals surface area contributed by atoms with Crippen LogP contribution < -0.4 is 15.8 Å². The van der Waals surface area contributed by atoms with Gasteiger partial charge >= 0.3 is 0 Å². The Morgan fingerprint density at radius 3 is 2.31 bits per heavy atom. The first-order valence-electron chi connectivity index (χ1n) is 5.20. The zero-order valence-corrected chi connectivity index (χ0v) is 10.8. The Kier molecular flexibility index (Phi) is 6.54. The average molecular weight is 251 g/mol. The summed E-state index contributed by atoms with van der Waals surface area (Å²) in [5, 5.41) is 2.57. The van der Waals surface area contributed by atoms with Crippen molar-refractivity contribution in [1.82, 2.24) is 10.0 Å². The Labute approximate surface area is 97.0 Å². The monoisotopic (exact) mass is 251 g/mol. The van der Waals surface area contributed by atoms with Gasteiger partial charge in [0, 0.05) is 13.1 Å². The van der Waals surface area contributed by atoms with Crippen molar-refractivity contribution in [3.8, 4) is 0 Å². The minimum Gasteiger partial charge on any atom is -0.353 e. The van der Waals surface area contributed by atoms with E-state index in [1.165, 1.54) is 0 Å². The third-order valence-electron chi connectivity index (χ3n) is 1.85. The van der Waals surface area contributed by atoms with Crippen molar-refractivity contribution in [2.45, 2.75) is 26.3 Å². The maximum absolute atomic E-state index is 11.4. The lowest BCUT2D eigenvalue weighted by molar-refractivity contribution is -0.122. The van der Waals surface area contributed by atoms with Gasteiger partial charge in [0.2, 0.25) is 15.9 Å². The summed E-state index contributed by atoms with van der Waals surface area (Å²) >= 11 is 0. The molecule has 0 aliphatic carbocycles. The van der Waals surface area contributed by atoms with Gasteiger partial charge in [-0.3, -0.25) is 4.79 Å². The standard InChI is InChI=1S/C9H21N3O3S/c1-7(2)6-8(10)9(13)11-4-5-12-16(3,14)15/h7-8,12H,4-6,10H2,1-3H3,(H,11,13)/t8-/m0/s1. The van der Waals surface area contributed by atoms with Gasteiger partial charge in [-0.15, -0.1) is 0 Å². The van der Waals surface area contributed by atoms with E-state index in [9.17, 15) is 13.2 Å². The van der Waals surface area contributed by atoms with Gasteiger partial charge in [0.05, 0.1) is 12.3 Å². The van der Waals surface area contributed by atoms with E-state index in [1.54, 1.807) is 0 Å². The number of nitrogens with one attached hydrogen (secondary N) is 2. The average Bonchev–Trinajstić information content (AvgIpc) is 2.09. The van der Waals surface area contributed by atoms with E-state index < -0.39 is 16.1 Å². The van der Waals surface area contributed by atoms with Crippen LogP contribution in [0.4, 0.5) is 0 Å². The fourth-order valence-corrected chi connectivity index (χ4v) is 1.64. The van der Waals surface area contributed by atoms with Crippen molar-refractivity contribution in [3.05, 3.63) is 0 Å². The Bertz CT molecular complexity index is 314. The van der Waals surface area contributed by atoms with Crippen molar-refractivity contribution >= 4 is 15.9 Å². The molecule has 1 atom stereocenters. The highest BCUT2D eigenvalue weighted by molar-refractivity contribution is 7.88. The molecule has 0 aromatic carbocycles. The smallest absolute Gasteiger partial charge is 0.236 e. The zero-order chi connectivity index (χ0) is 12.8. The molecule has 6 nitrogen and oxygen atoms in total. The van der Waals surface area contributed by atoms with Crippen molar-refractivity contribution in [2.24, 2.45) is 11.7 Å². The molecule has 0 rings (SSSR count). The Morgan fingerprint density at radius 1 is 1.31 bits per heavy atom. The third-order valence-corrected chi connectivity index (χ3v) is 2.58. The minimum absolute atomic E-state index is 0.180. The van der Waals surface area contributed by atoms with Crippen LogP contribution in [0.15, 0.2) is 0 Å². The maximum atomic E-state index is 11.4. The van der Waals surface area contributed by atoms with E-state index in [-0.39, 0.29) is 19.0 Å². The Hall–Kier alpha value is -0.660. The van der Waals surface area contributed by atoms with Crippen LogP contribution in [0.2, 0.25) is 0 Å². The molecule has 0 unspecified atom stereocenters. The summed E-state index contributed by atoms with van der Waals surface area (Å²) in [6.07, 6.45) is 1.69. The van der Waals surface area contributed by atoms with Gasteiger partial charge in [0.1, 0.15) is 0 Å². The molecule has 0 heterocycles. The number of sulfonamides is 1. The largest absolute Gasteiger partial charge is 0.353 e. The highest BCUT2D eigenvalue weighted by Gasteiger charge is 2.14. The fourth-order valence-electron chi connectivity index (χ4n) is 1.17. The first-order valence-corrected chi connectivity index (χ1v) is 7.09. The predicted octanol–water partition coefficient (Wildman–Crippen LogP) is -0.975. The quantitative estimate of drug-likeness (QED) is 0.506. The Balaban J connectivity index is 3.73. The molecule has 0 saturated heterocycles. The van der Waals surface area contributed by atoms with Crippen LogP contribution in [0.3, 0.4) is 0 Å². The Morgan fingerprint density at radius 2 is 1.88 bits per heavy atom. The molecule has 0 radical (unpaired) electrons. The number of rotatable bonds is 7. The highest BCUT2D eigenvalue weighted by atomic mass is 32.2. The van der Waals surface area contributed by atoms with E-state index in [0.717, 1.165) is 6.26 Å². The minimum atomic E-state index is -3.19. The van der Waals surface area contributed by atoms with Gasteiger partial charge in [-0.25, -0.2) is 13.1 Å². The molecule has 96 valence electrons. The van der Waals surface area contributed by atoms with Crippen LogP contribution in [-0.2, 0) is 14.8 Å². The molecule has 0 aliphatic heterocycles. The number of hydrogen-bond donors (Lipinski definition) is 3. The summed E-state index contributed by atoms with van der Waals surface area (Å²) < 4.78 is 23.7. The number of hydrogen-bond acceptors (Lipinski definition) is 4. The highest BCUT2D eigenvalue weighted by Crippen LogP contribution is 2.01. The second-order valence-electron chi connectivity index (χ2n) is 4.19. The lowest BCUT2D eigenvalue weighted by atomic mass is 10.0. The van der Waals surface area contributed by atoms with Crippen molar-refractivity contribution in [3.63, 3.8) is 0 Å². The topological polar surface area (TPSA) is 101 Å². The van der Waals surface area contributed by atoms with Crippen LogP contribution in [-0.4, -0.2) is 39.7 Å². The van der Waals surface area contributed by atoms with Crippen molar-refractivity contribution in [2.75, 3.05) is 19.3 Å². The molecule has 7 heteroatoms.